The maximum absolute atomic E-state index is 12.0. The fourth-order valence-corrected chi connectivity index (χ4v) is 3.20. The minimum Gasteiger partial charge on any atom is -0.493 e. The van der Waals surface area contributed by atoms with E-state index in [1.54, 1.807) is 36.6 Å². The molecule has 0 atom stereocenters. The Bertz CT molecular complexity index is 973. The predicted octanol–water partition coefficient (Wildman–Crippen LogP) is 1.49. The molecule has 0 saturated heterocycles. The average molecular weight is 416 g/mol. The number of carbonyl (C=O) groups excluding carboxylic acids is 2. The second kappa shape index (κ2) is 9.64. The number of urea groups is 1. The van der Waals surface area contributed by atoms with Crippen molar-refractivity contribution in [3.8, 4) is 22.9 Å². The van der Waals surface area contributed by atoms with Crippen molar-refractivity contribution in [1.82, 2.24) is 30.8 Å². The van der Waals surface area contributed by atoms with Crippen LogP contribution in [0.1, 0.15) is 4.88 Å². The van der Waals surface area contributed by atoms with Crippen LogP contribution in [0.4, 0.5) is 4.79 Å². The molecule has 3 amide bonds. The standard InChI is InChI=1S/C18H20N6O4S/c1-27-14-6-5-12(10-15(14)28-2)17-21-23-24(22-17)11-16(25)20-18(26)19-8-7-13-4-3-9-29-13/h3-6,9-10H,7-8,11H2,1-2H3,(H2,19,20,25,26). The van der Waals surface area contributed by atoms with E-state index in [0.29, 0.717) is 35.9 Å². The Morgan fingerprint density at radius 2 is 2.00 bits per heavy atom. The lowest BCUT2D eigenvalue weighted by Gasteiger charge is -2.07. The number of aromatic nitrogens is 4. The topological polar surface area (TPSA) is 120 Å². The molecule has 0 unspecified atom stereocenters. The van der Waals surface area contributed by atoms with Gasteiger partial charge in [0.25, 0.3) is 5.91 Å². The summed E-state index contributed by atoms with van der Waals surface area (Å²) < 4.78 is 10.4. The molecule has 0 aliphatic carbocycles. The van der Waals surface area contributed by atoms with E-state index in [1.165, 1.54) is 7.11 Å². The van der Waals surface area contributed by atoms with Gasteiger partial charge in [0.05, 0.1) is 14.2 Å². The lowest BCUT2D eigenvalue weighted by Crippen LogP contribution is -2.41. The van der Waals surface area contributed by atoms with Gasteiger partial charge in [0.2, 0.25) is 5.82 Å². The number of nitrogens with one attached hydrogen (secondary N) is 2. The zero-order valence-electron chi connectivity index (χ0n) is 15.9. The van der Waals surface area contributed by atoms with E-state index in [4.69, 9.17) is 9.47 Å². The van der Waals surface area contributed by atoms with Crippen LogP contribution in [0.25, 0.3) is 11.4 Å². The maximum Gasteiger partial charge on any atom is 0.321 e. The summed E-state index contributed by atoms with van der Waals surface area (Å²) in [4.78, 5) is 26.1. The predicted molar refractivity (Wildman–Crippen MR) is 106 cm³/mol. The third kappa shape index (κ3) is 5.51. The largest absolute Gasteiger partial charge is 0.493 e. The van der Waals surface area contributed by atoms with Gasteiger partial charge >= 0.3 is 6.03 Å². The summed E-state index contributed by atoms with van der Waals surface area (Å²) in [5.74, 6) is 0.875. The van der Waals surface area contributed by atoms with Crippen molar-refractivity contribution < 1.29 is 19.1 Å². The van der Waals surface area contributed by atoms with Crippen molar-refractivity contribution in [3.63, 3.8) is 0 Å². The molecule has 2 N–H and O–H groups in total. The van der Waals surface area contributed by atoms with Crippen LogP contribution in [0, 0.1) is 0 Å². The highest BCUT2D eigenvalue weighted by molar-refractivity contribution is 7.09. The van der Waals surface area contributed by atoms with Crippen LogP contribution >= 0.6 is 11.3 Å². The summed E-state index contributed by atoms with van der Waals surface area (Å²) in [7, 11) is 3.07. The summed E-state index contributed by atoms with van der Waals surface area (Å²) in [6, 6.07) is 8.56. The van der Waals surface area contributed by atoms with Crippen molar-refractivity contribution >= 4 is 23.3 Å². The molecule has 0 radical (unpaired) electrons. The van der Waals surface area contributed by atoms with Crippen LogP contribution in [0.2, 0.25) is 0 Å². The van der Waals surface area contributed by atoms with Crippen LogP contribution in [0.3, 0.4) is 0 Å². The Hall–Kier alpha value is -3.47. The molecule has 29 heavy (non-hydrogen) atoms. The highest BCUT2D eigenvalue weighted by atomic mass is 32.1. The third-order valence-electron chi connectivity index (χ3n) is 3.87. The summed E-state index contributed by atoms with van der Waals surface area (Å²) in [6.07, 6.45) is 0.707. The average Bonchev–Trinajstić information content (AvgIpc) is 3.39. The number of hydrogen-bond acceptors (Lipinski definition) is 8. The van der Waals surface area contributed by atoms with Crippen LogP contribution in [0.15, 0.2) is 35.7 Å². The van der Waals surface area contributed by atoms with Gasteiger partial charge in [-0.05, 0) is 41.3 Å². The summed E-state index contributed by atoms with van der Waals surface area (Å²) in [6.45, 7) is 0.198. The number of ether oxygens (including phenoxy) is 2. The van der Waals surface area contributed by atoms with E-state index >= 15 is 0 Å². The minimum atomic E-state index is -0.563. The summed E-state index contributed by atoms with van der Waals surface area (Å²) >= 11 is 1.61. The molecule has 1 aromatic carbocycles. The first-order valence-electron chi connectivity index (χ1n) is 8.69. The van der Waals surface area contributed by atoms with Gasteiger partial charge in [0.1, 0.15) is 6.54 Å². The minimum absolute atomic E-state index is 0.237. The molecular weight excluding hydrogens is 396 g/mol. The SMILES string of the molecule is COc1ccc(-c2nnn(CC(=O)NC(=O)NCCc3cccs3)n2)cc1OC. The van der Waals surface area contributed by atoms with Gasteiger partial charge in [0, 0.05) is 17.0 Å². The number of hydrogen-bond donors (Lipinski definition) is 2. The number of amides is 3. The number of nitrogens with zero attached hydrogens (tertiary/aromatic N) is 4. The fourth-order valence-electron chi connectivity index (χ4n) is 2.49. The first kappa shape index (κ1) is 20.3. The van der Waals surface area contributed by atoms with Gasteiger partial charge in [0.15, 0.2) is 11.5 Å². The molecule has 10 nitrogen and oxygen atoms in total. The van der Waals surface area contributed by atoms with Crippen molar-refractivity contribution in [2.24, 2.45) is 0 Å². The zero-order valence-corrected chi connectivity index (χ0v) is 16.7. The van der Waals surface area contributed by atoms with Gasteiger partial charge in [-0.15, -0.1) is 21.5 Å². The molecule has 0 spiro atoms. The Kier molecular flexibility index (Phi) is 6.74. The molecule has 2 aromatic heterocycles. The first-order chi connectivity index (χ1) is 14.1. The molecule has 3 rings (SSSR count). The van der Waals surface area contributed by atoms with E-state index in [-0.39, 0.29) is 6.54 Å². The Morgan fingerprint density at radius 1 is 1.17 bits per heavy atom. The molecule has 0 aliphatic heterocycles. The van der Waals surface area contributed by atoms with E-state index in [1.807, 2.05) is 17.5 Å². The highest BCUT2D eigenvalue weighted by Gasteiger charge is 2.13. The van der Waals surface area contributed by atoms with Crippen LogP contribution in [-0.4, -0.2) is 52.9 Å². The summed E-state index contributed by atoms with van der Waals surface area (Å²) in [5, 5.41) is 18.8. The molecule has 0 aliphatic rings. The Morgan fingerprint density at radius 3 is 2.72 bits per heavy atom. The lowest BCUT2D eigenvalue weighted by molar-refractivity contribution is -0.121. The molecule has 0 saturated carbocycles. The smallest absolute Gasteiger partial charge is 0.321 e. The van der Waals surface area contributed by atoms with Gasteiger partial charge in [-0.1, -0.05) is 6.07 Å². The number of carbonyl (C=O) groups is 2. The fraction of sp³-hybridized carbons (Fsp3) is 0.278. The Balaban J connectivity index is 1.51. The van der Waals surface area contributed by atoms with E-state index in [2.05, 4.69) is 26.0 Å². The van der Waals surface area contributed by atoms with E-state index in [0.717, 1.165) is 9.67 Å². The second-order valence-corrected chi connectivity index (χ2v) is 6.88. The van der Waals surface area contributed by atoms with E-state index in [9.17, 15) is 9.59 Å². The zero-order chi connectivity index (χ0) is 20.6. The van der Waals surface area contributed by atoms with Gasteiger partial charge in [-0.2, -0.15) is 4.80 Å². The molecule has 11 heteroatoms. The number of rotatable bonds is 8. The number of thiophene rings is 1. The molecule has 2 heterocycles. The van der Waals surface area contributed by atoms with E-state index < -0.39 is 11.9 Å². The van der Waals surface area contributed by atoms with Gasteiger partial charge < -0.3 is 14.8 Å². The van der Waals surface area contributed by atoms with Crippen molar-refractivity contribution in [2.45, 2.75) is 13.0 Å². The first-order valence-corrected chi connectivity index (χ1v) is 9.57. The monoisotopic (exact) mass is 416 g/mol. The molecule has 0 bridgehead atoms. The number of tetrazole rings is 1. The highest BCUT2D eigenvalue weighted by Crippen LogP contribution is 2.30. The molecule has 0 fully saturated rings. The number of methoxy groups -OCH3 is 2. The van der Waals surface area contributed by atoms with Crippen LogP contribution in [0.5, 0.6) is 11.5 Å². The van der Waals surface area contributed by atoms with Gasteiger partial charge in [-0.25, -0.2) is 4.79 Å². The number of imide groups is 1. The van der Waals surface area contributed by atoms with Gasteiger partial charge in [-0.3, -0.25) is 10.1 Å². The van der Waals surface area contributed by atoms with Crippen molar-refractivity contribution in [1.29, 1.82) is 0 Å². The molecule has 3 aromatic rings. The quantitative estimate of drug-likeness (QED) is 0.571. The van der Waals surface area contributed by atoms with Crippen molar-refractivity contribution in [3.05, 3.63) is 40.6 Å². The lowest BCUT2D eigenvalue weighted by atomic mass is 10.2. The van der Waals surface area contributed by atoms with Crippen LogP contribution < -0.4 is 20.1 Å². The second-order valence-electron chi connectivity index (χ2n) is 5.85. The summed E-state index contributed by atoms with van der Waals surface area (Å²) in [5.41, 5.74) is 0.653. The molecule has 152 valence electrons. The van der Waals surface area contributed by atoms with Crippen LogP contribution in [-0.2, 0) is 17.8 Å². The molecular formula is C18H20N6O4S. The van der Waals surface area contributed by atoms with Crippen molar-refractivity contribution in [2.75, 3.05) is 20.8 Å². The maximum atomic E-state index is 12.0. The third-order valence-corrected chi connectivity index (χ3v) is 4.81. The normalized spacial score (nSPS) is 10.4. The number of benzene rings is 1. The Labute approximate surface area is 170 Å².